The number of carbonyl (C=O) groups is 3. The second-order valence-electron chi connectivity index (χ2n) is 8.26. The number of ether oxygens (including phenoxy) is 2. The smallest absolute Gasteiger partial charge is 0.312 e. The molecule has 7 heteroatoms. The molecule has 1 saturated heterocycles. The normalized spacial score (nSPS) is 16.3. The highest BCUT2D eigenvalue weighted by atomic mass is 35.5. The Morgan fingerprint density at radius 2 is 1.53 bits per heavy atom. The first-order valence-corrected chi connectivity index (χ1v) is 11.3. The molecule has 4 rings (SSSR count). The van der Waals surface area contributed by atoms with Crippen molar-refractivity contribution in [3.05, 3.63) is 88.9 Å². The van der Waals surface area contributed by atoms with Crippen LogP contribution < -0.4 is 9.64 Å². The number of esters is 1. The Hall–Kier alpha value is -3.64. The van der Waals surface area contributed by atoms with E-state index in [1.165, 1.54) is 6.92 Å². The van der Waals surface area contributed by atoms with Crippen molar-refractivity contribution in [2.24, 2.45) is 5.92 Å². The molecule has 0 aromatic heterocycles. The highest BCUT2D eigenvalue weighted by Gasteiger charge is 2.37. The van der Waals surface area contributed by atoms with Crippen LogP contribution >= 0.6 is 11.6 Å². The Morgan fingerprint density at radius 1 is 0.941 bits per heavy atom. The number of ketones is 1. The molecule has 34 heavy (non-hydrogen) atoms. The fourth-order valence-electron chi connectivity index (χ4n) is 3.72. The lowest BCUT2D eigenvalue weighted by molar-refractivity contribution is -0.151. The largest absolute Gasteiger partial charge is 0.457 e. The van der Waals surface area contributed by atoms with Gasteiger partial charge in [-0.15, -0.1) is 0 Å². The van der Waals surface area contributed by atoms with Crippen LogP contribution in [-0.2, 0) is 14.3 Å². The zero-order valence-electron chi connectivity index (χ0n) is 18.9. The summed E-state index contributed by atoms with van der Waals surface area (Å²) in [5.74, 6) is -0.340. The van der Waals surface area contributed by atoms with Crippen LogP contribution in [0, 0.1) is 12.8 Å². The summed E-state index contributed by atoms with van der Waals surface area (Å²) in [7, 11) is 0. The van der Waals surface area contributed by atoms with Crippen molar-refractivity contribution in [2.45, 2.75) is 26.4 Å². The minimum absolute atomic E-state index is 0.0301. The molecule has 0 bridgehead atoms. The molecule has 1 amide bonds. The van der Waals surface area contributed by atoms with Gasteiger partial charge in [-0.25, -0.2) is 0 Å². The molecule has 174 valence electrons. The quantitative estimate of drug-likeness (QED) is 0.327. The van der Waals surface area contributed by atoms with Gasteiger partial charge in [-0.2, -0.15) is 0 Å². The van der Waals surface area contributed by atoms with Gasteiger partial charge in [0.2, 0.25) is 11.7 Å². The minimum Gasteiger partial charge on any atom is -0.457 e. The lowest BCUT2D eigenvalue weighted by atomic mass is 10.1. The molecular formula is C27H24ClNO5. The van der Waals surface area contributed by atoms with Crippen molar-refractivity contribution >= 4 is 34.9 Å². The number of halogens is 1. The Bertz CT molecular complexity index is 1190. The first kappa shape index (κ1) is 23.5. The Balaban J connectivity index is 1.35. The van der Waals surface area contributed by atoms with Crippen LogP contribution in [0.4, 0.5) is 5.69 Å². The summed E-state index contributed by atoms with van der Waals surface area (Å²) >= 11 is 5.85. The standard InChI is InChI=1S/C27H24ClNO5/c1-17-3-11-23(12-4-17)34-24-13-9-22(10-14-24)29-16-20(15-25(29)30)27(32)33-18(2)26(31)19-5-7-21(28)8-6-19/h3-14,18,20H,15-16H2,1-2H3/t18-,20-/m1/s1. The van der Waals surface area contributed by atoms with Gasteiger partial charge in [0.25, 0.3) is 0 Å². The van der Waals surface area contributed by atoms with E-state index in [0.29, 0.717) is 22.0 Å². The minimum atomic E-state index is -0.962. The molecule has 6 nitrogen and oxygen atoms in total. The van der Waals surface area contributed by atoms with Crippen LogP contribution in [0.1, 0.15) is 29.3 Å². The molecule has 0 saturated carbocycles. The maximum Gasteiger partial charge on any atom is 0.312 e. The van der Waals surface area contributed by atoms with Gasteiger partial charge in [0.1, 0.15) is 11.5 Å². The van der Waals surface area contributed by atoms with Crippen molar-refractivity contribution in [1.82, 2.24) is 0 Å². The molecule has 0 radical (unpaired) electrons. The SMILES string of the molecule is Cc1ccc(Oc2ccc(N3C[C@H](C(=O)O[C@H](C)C(=O)c4ccc(Cl)cc4)CC3=O)cc2)cc1. The molecule has 0 aliphatic carbocycles. The van der Waals surface area contributed by atoms with Gasteiger partial charge in [-0.1, -0.05) is 29.3 Å². The Kier molecular flexibility index (Phi) is 6.98. The highest BCUT2D eigenvalue weighted by Crippen LogP contribution is 2.29. The number of Topliss-reactive ketones (excluding diaryl/α,β-unsaturated/α-hetero) is 1. The van der Waals surface area contributed by atoms with Crippen LogP contribution in [0.5, 0.6) is 11.5 Å². The van der Waals surface area contributed by atoms with Crippen molar-refractivity contribution in [1.29, 1.82) is 0 Å². The molecule has 1 fully saturated rings. The molecular weight excluding hydrogens is 454 g/mol. The number of benzene rings is 3. The molecule has 1 heterocycles. The summed E-state index contributed by atoms with van der Waals surface area (Å²) in [5, 5.41) is 0.514. The van der Waals surface area contributed by atoms with Gasteiger partial charge in [0.05, 0.1) is 5.92 Å². The molecule has 2 atom stereocenters. The third-order valence-corrected chi connectivity index (χ3v) is 5.91. The van der Waals surface area contributed by atoms with E-state index in [1.807, 2.05) is 31.2 Å². The van der Waals surface area contributed by atoms with E-state index < -0.39 is 18.0 Å². The average Bonchev–Trinajstić information content (AvgIpc) is 3.23. The molecule has 0 unspecified atom stereocenters. The van der Waals surface area contributed by atoms with Crippen molar-refractivity contribution in [3.63, 3.8) is 0 Å². The first-order valence-electron chi connectivity index (χ1n) is 11.0. The number of rotatable bonds is 7. The number of hydrogen-bond donors (Lipinski definition) is 0. The first-order chi connectivity index (χ1) is 16.3. The maximum atomic E-state index is 12.7. The Morgan fingerprint density at radius 3 is 2.15 bits per heavy atom. The second-order valence-corrected chi connectivity index (χ2v) is 8.70. The maximum absolute atomic E-state index is 12.7. The van der Waals surface area contributed by atoms with Gasteiger partial charge in [-0.3, -0.25) is 14.4 Å². The summed E-state index contributed by atoms with van der Waals surface area (Å²) in [6.45, 7) is 3.72. The van der Waals surface area contributed by atoms with Gasteiger partial charge < -0.3 is 14.4 Å². The van der Waals surface area contributed by atoms with E-state index in [1.54, 1.807) is 53.4 Å². The van der Waals surface area contributed by atoms with Crippen molar-refractivity contribution in [3.8, 4) is 11.5 Å². The number of aryl methyl sites for hydroxylation is 1. The number of anilines is 1. The van der Waals surface area contributed by atoms with Crippen LogP contribution in [0.15, 0.2) is 72.8 Å². The number of hydrogen-bond acceptors (Lipinski definition) is 5. The van der Waals surface area contributed by atoms with Crippen LogP contribution in [0.3, 0.4) is 0 Å². The molecule has 1 aliphatic rings. The van der Waals surface area contributed by atoms with E-state index in [-0.39, 0.29) is 24.7 Å². The number of carbonyl (C=O) groups excluding carboxylic acids is 3. The molecule has 3 aromatic rings. The molecule has 0 N–H and O–H groups in total. The van der Waals surface area contributed by atoms with Gasteiger partial charge in [0.15, 0.2) is 6.10 Å². The third-order valence-electron chi connectivity index (χ3n) is 5.65. The zero-order chi connectivity index (χ0) is 24.2. The van der Waals surface area contributed by atoms with E-state index in [4.69, 9.17) is 21.1 Å². The van der Waals surface area contributed by atoms with E-state index in [9.17, 15) is 14.4 Å². The molecule has 3 aromatic carbocycles. The molecule has 0 spiro atoms. The lowest BCUT2D eigenvalue weighted by Gasteiger charge is -2.18. The summed E-state index contributed by atoms with van der Waals surface area (Å²) in [6.07, 6.45) is -0.932. The number of nitrogens with zero attached hydrogens (tertiary/aromatic N) is 1. The topological polar surface area (TPSA) is 72.9 Å². The fraction of sp³-hybridized carbons (Fsp3) is 0.222. The monoisotopic (exact) mass is 477 g/mol. The van der Waals surface area contributed by atoms with Gasteiger partial charge in [-0.05, 0) is 74.5 Å². The second kappa shape index (κ2) is 10.1. The summed E-state index contributed by atoms with van der Waals surface area (Å²) in [6, 6.07) is 21.2. The van der Waals surface area contributed by atoms with Gasteiger partial charge >= 0.3 is 5.97 Å². The fourth-order valence-corrected chi connectivity index (χ4v) is 3.85. The van der Waals surface area contributed by atoms with Crippen molar-refractivity contribution in [2.75, 3.05) is 11.4 Å². The summed E-state index contributed by atoms with van der Waals surface area (Å²) in [5.41, 5.74) is 2.22. The van der Waals surface area contributed by atoms with E-state index >= 15 is 0 Å². The summed E-state index contributed by atoms with van der Waals surface area (Å²) < 4.78 is 11.2. The average molecular weight is 478 g/mol. The van der Waals surface area contributed by atoms with Crippen LogP contribution in [0.2, 0.25) is 5.02 Å². The summed E-state index contributed by atoms with van der Waals surface area (Å²) in [4.78, 5) is 39.3. The van der Waals surface area contributed by atoms with Crippen LogP contribution in [-0.4, -0.2) is 30.3 Å². The predicted octanol–water partition coefficient (Wildman–Crippen LogP) is 5.61. The lowest BCUT2D eigenvalue weighted by Crippen LogP contribution is -2.30. The molecule has 1 aliphatic heterocycles. The number of amides is 1. The van der Waals surface area contributed by atoms with E-state index in [2.05, 4.69) is 0 Å². The third kappa shape index (κ3) is 5.46. The van der Waals surface area contributed by atoms with E-state index in [0.717, 1.165) is 11.3 Å². The van der Waals surface area contributed by atoms with Crippen LogP contribution in [0.25, 0.3) is 0 Å². The zero-order valence-corrected chi connectivity index (χ0v) is 19.6. The predicted molar refractivity (Wildman–Crippen MR) is 129 cm³/mol. The van der Waals surface area contributed by atoms with Crippen molar-refractivity contribution < 1.29 is 23.9 Å². The Labute approximate surface area is 203 Å². The van der Waals surface area contributed by atoms with Gasteiger partial charge in [0, 0.05) is 29.2 Å². The highest BCUT2D eigenvalue weighted by molar-refractivity contribution is 6.30.